The number of pyridine rings is 1. The number of nitrogens with one attached hydrogen (secondary N) is 1. The maximum Gasteiger partial charge on any atom is 0.263 e. The Kier molecular flexibility index (Phi) is 5.17. The lowest BCUT2D eigenvalue weighted by molar-refractivity contribution is 0.102. The Morgan fingerprint density at radius 3 is 2.65 bits per heavy atom. The Labute approximate surface area is 151 Å². The van der Waals surface area contributed by atoms with E-state index in [0.29, 0.717) is 18.0 Å². The highest BCUT2D eigenvalue weighted by molar-refractivity contribution is 6.04. The van der Waals surface area contributed by atoms with Gasteiger partial charge >= 0.3 is 0 Å². The molecular weight excluding hydrogens is 328 g/mol. The first-order valence-electron chi connectivity index (χ1n) is 8.27. The van der Waals surface area contributed by atoms with Crippen molar-refractivity contribution in [3.05, 3.63) is 93.9 Å². The number of rotatable bonds is 5. The van der Waals surface area contributed by atoms with Crippen molar-refractivity contribution in [2.45, 2.75) is 13.5 Å². The number of amides is 1. The van der Waals surface area contributed by atoms with Crippen molar-refractivity contribution in [1.29, 1.82) is 0 Å². The summed E-state index contributed by atoms with van der Waals surface area (Å²) in [6.07, 6.45) is 1.69. The Morgan fingerprint density at radius 1 is 1.08 bits per heavy atom. The van der Waals surface area contributed by atoms with E-state index in [-0.39, 0.29) is 11.1 Å². The number of benzene rings is 2. The molecule has 1 aromatic heterocycles. The molecule has 1 heterocycles. The summed E-state index contributed by atoms with van der Waals surface area (Å²) in [6, 6.07) is 18.2. The zero-order chi connectivity index (χ0) is 18.5. The van der Waals surface area contributed by atoms with Crippen molar-refractivity contribution >= 4 is 11.6 Å². The number of ether oxygens (including phenoxy) is 1. The van der Waals surface area contributed by atoms with Crippen LogP contribution in [0.5, 0.6) is 5.75 Å². The number of carbonyl (C=O) groups is 1. The van der Waals surface area contributed by atoms with Crippen molar-refractivity contribution in [2.75, 3.05) is 12.4 Å². The fourth-order valence-corrected chi connectivity index (χ4v) is 2.74. The summed E-state index contributed by atoms with van der Waals surface area (Å²) in [5.41, 5.74) is 2.49. The van der Waals surface area contributed by atoms with Gasteiger partial charge in [0.05, 0.1) is 13.7 Å². The van der Waals surface area contributed by atoms with Gasteiger partial charge in [-0.1, -0.05) is 35.9 Å². The van der Waals surface area contributed by atoms with Crippen LogP contribution in [-0.4, -0.2) is 17.6 Å². The molecule has 0 bridgehead atoms. The summed E-state index contributed by atoms with van der Waals surface area (Å²) in [7, 11) is 1.56. The van der Waals surface area contributed by atoms with Crippen molar-refractivity contribution in [3.8, 4) is 5.75 Å². The van der Waals surface area contributed by atoms with Crippen LogP contribution in [0.1, 0.15) is 21.5 Å². The lowest BCUT2D eigenvalue weighted by Gasteiger charge is -2.10. The molecule has 3 rings (SSSR count). The van der Waals surface area contributed by atoms with E-state index >= 15 is 0 Å². The van der Waals surface area contributed by atoms with E-state index < -0.39 is 5.91 Å². The third-order valence-corrected chi connectivity index (χ3v) is 4.03. The van der Waals surface area contributed by atoms with Gasteiger partial charge in [-0.3, -0.25) is 9.59 Å². The Balaban J connectivity index is 1.84. The molecule has 5 heteroatoms. The van der Waals surface area contributed by atoms with E-state index in [1.165, 1.54) is 10.6 Å². The van der Waals surface area contributed by atoms with Crippen molar-refractivity contribution in [1.82, 2.24) is 4.57 Å². The maximum atomic E-state index is 12.7. The lowest BCUT2D eigenvalue weighted by atomic mass is 10.1. The molecule has 3 aromatic rings. The molecule has 0 fully saturated rings. The van der Waals surface area contributed by atoms with E-state index in [1.54, 1.807) is 43.6 Å². The van der Waals surface area contributed by atoms with E-state index in [0.717, 1.165) is 11.1 Å². The van der Waals surface area contributed by atoms with Crippen molar-refractivity contribution < 1.29 is 9.53 Å². The van der Waals surface area contributed by atoms with Crippen LogP contribution in [0, 0.1) is 6.92 Å². The second-order valence-corrected chi connectivity index (χ2v) is 6.03. The molecule has 0 aliphatic rings. The van der Waals surface area contributed by atoms with Gasteiger partial charge in [0.1, 0.15) is 11.3 Å². The Hall–Kier alpha value is -3.34. The van der Waals surface area contributed by atoms with Gasteiger partial charge in [0.15, 0.2) is 0 Å². The standard InChI is InChI=1S/C21H20N2O3/c1-15-6-3-7-16(12-15)14-23-11-5-10-19(21(23)25)20(24)22-17-8-4-9-18(13-17)26-2/h3-13H,14H2,1-2H3,(H,22,24). The first-order valence-corrected chi connectivity index (χ1v) is 8.27. The zero-order valence-corrected chi connectivity index (χ0v) is 14.7. The van der Waals surface area contributed by atoms with Gasteiger partial charge in [-0.2, -0.15) is 0 Å². The van der Waals surface area contributed by atoms with Crippen LogP contribution < -0.4 is 15.6 Å². The van der Waals surface area contributed by atoms with Crippen LogP contribution in [-0.2, 0) is 6.54 Å². The van der Waals surface area contributed by atoms with E-state index in [2.05, 4.69) is 5.32 Å². The summed E-state index contributed by atoms with van der Waals surface area (Å²) in [4.78, 5) is 25.2. The third-order valence-electron chi connectivity index (χ3n) is 4.03. The number of aromatic nitrogens is 1. The summed E-state index contributed by atoms with van der Waals surface area (Å²) in [5.74, 6) is 0.189. The minimum atomic E-state index is -0.443. The maximum absolute atomic E-state index is 12.7. The van der Waals surface area contributed by atoms with Crippen molar-refractivity contribution in [3.63, 3.8) is 0 Å². The van der Waals surface area contributed by atoms with Crippen molar-refractivity contribution in [2.24, 2.45) is 0 Å². The number of hydrogen-bond donors (Lipinski definition) is 1. The zero-order valence-electron chi connectivity index (χ0n) is 14.7. The van der Waals surface area contributed by atoms with Gasteiger partial charge in [0, 0.05) is 18.0 Å². The number of anilines is 1. The normalized spacial score (nSPS) is 10.4. The lowest BCUT2D eigenvalue weighted by Crippen LogP contribution is -2.29. The molecule has 5 nitrogen and oxygen atoms in total. The number of carbonyl (C=O) groups excluding carboxylic acids is 1. The highest BCUT2D eigenvalue weighted by Crippen LogP contribution is 2.17. The minimum absolute atomic E-state index is 0.1000. The van der Waals surface area contributed by atoms with Crippen LogP contribution in [0.2, 0.25) is 0 Å². The van der Waals surface area contributed by atoms with Gasteiger partial charge < -0.3 is 14.6 Å². The fraction of sp³-hybridized carbons (Fsp3) is 0.143. The predicted octanol–water partition coefficient (Wildman–Crippen LogP) is 3.47. The first-order chi connectivity index (χ1) is 12.6. The molecule has 0 unspecified atom stereocenters. The third kappa shape index (κ3) is 4.00. The molecule has 0 radical (unpaired) electrons. The molecule has 0 aliphatic heterocycles. The van der Waals surface area contributed by atoms with Crippen LogP contribution in [0.25, 0.3) is 0 Å². The summed E-state index contributed by atoms with van der Waals surface area (Å²) in [5, 5.41) is 2.74. The molecule has 0 atom stereocenters. The quantitative estimate of drug-likeness (QED) is 0.768. The molecule has 1 N–H and O–H groups in total. The van der Waals surface area contributed by atoms with Crippen LogP contribution >= 0.6 is 0 Å². The topological polar surface area (TPSA) is 60.3 Å². The molecule has 0 aliphatic carbocycles. The second kappa shape index (κ2) is 7.70. The number of aryl methyl sites for hydroxylation is 1. The highest BCUT2D eigenvalue weighted by Gasteiger charge is 2.13. The predicted molar refractivity (Wildman–Crippen MR) is 102 cm³/mol. The largest absolute Gasteiger partial charge is 0.497 e. The first kappa shape index (κ1) is 17.5. The smallest absolute Gasteiger partial charge is 0.263 e. The summed E-state index contributed by atoms with van der Waals surface area (Å²) >= 11 is 0. The minimum Gasteiger partial charge on any atom is -0.497 e. The number of hydrogen-bond acceptors (Lipinski definition) is 3. The summed E-state index contributed by atoms with van der Waals surface area (Å²) < 4.78 is 6.68. The number of methoxy groups -OCH3 is 1. The fourth-order valence-electron chi connectivity index (χ4n) is 2.74. The summed E-state index contributed by atoms with van der Waals surface area (Å²) in [6.45, 7) is 2.42. The average Bonchev–Trinajstić information content (AvgIpc) is 2.63. The molecule has 1 amide bonds. The van der Waals surface area contributed by atoms with Gasteiger partial charge in [-0.25, -0.2) is 0 Å². The van der Waals surface area contributed by atoms with E-state index in [1.807, 2.05) is 31.2 Å². The molecule has 0 spiro atoms. The van der Waals surface area contributed by atoms with Gasteiger partial charge in [-0.15, -0.1) is 0 Å². The average molecular weight is 348 g/mol. The van der Waals surface area contributed by atoms with Crippen LogP contribution in [0.15, 0.2) is 71.7 Å². The Morgan fingerprint density at radius 2 is 1.88 bits per heavy atom. The van der Waals surface area contributed by atoms with E-state index in [9.17, 15) is 9.59 Å². The SMILES string of the molecule is COc1cccc(NC(=O)c2cccn(Cc3cccc(C)c3)c2=O)c1. The van der Waals surface area contributed by atoms with Gasteiger partial charge in [0.2, 0.25) is 0 Å². The molecule has 132 valence electrons. The molecule has 0 saturated heterocycles. The van der Waals surface area contributed by atoms with Gasteiger partial charge in [-0.05, 0) is 36.8 Å². The van der Waals surface area contributed by atoms with Crippen LogP contribution in [0.4, 0.5) is 5.69 Å². The van der Waals surface area contributed by atoms with Gasteiger partial charge in [0.25, 0.3) is 11.5 Å². The highest BCUT2D eigenvalue weighted by atomic mass is 16.5. The monoisotopic (exact) mass is 348 g/mol. The molecule has 26 heavy (non-hydrogen) atoms. The number of nitrogens with zero attached hydrogens (tertiary/aromatic N) is 1. The van der Waals surface area contributed by atoms with Crippen LogP contribution in [0.3, 0.4) is 0 Å². The molecule has 2 aromatic carbocycles. The molecule has 0 saturated carbocycles. The molecular formula is C21H20N2O3. The van der Waals surface area contributed by atoms with E-state index in [4.69, 9.17) is 4.74 Å². The Bertz CT molecular complexity index is 992. The second-order valence-electron chi connectivity index (χ2n) is 6.03.